The van der Waals surface area contributed by atoms with Crippen LogP contribution in [0.2, 0.25) is 0 Å². The molecule has 0 aliphatic carbocycles. The molecule has 2 rings (SSSR count). The number of pyridine rings is 1. The second-order valence-electron chi connectivity index (χ2n) is 4.03. The standard InChI is InChI=1S/C12H10BrF3N2O/c13-9-1-2-10(17-5-9)7-18-4-3-8(6-18)11(19)12(14,15)16/h1-6,11,19H,7H2. The molecule has 0 aliphatic heterocycles. The second-order valence-corrected chi connectivity index (χ2v) is 4.94. The average Bonchev–Trinajstić information content (AvgIpc) is 2.78. The number of hydrogen-bond donors (Lipinski definition) is 1. The van der Waals surface area contributed by atoms with E-state index in [9.17, 15) is 13.2 Å². The van der Waals surface area contributed by atoms with Crippen LogP contribution >= 0.6 is 15.9 Å². The summed E-state index contributed by atoms with van der Waals surface area (Å²) >= 11 is 3.25. The van der Waals surface area contributed by atoms with Gasteiger partial charge in [0.05, 0.1) is 12.2 Å². The van der Waals surface area contributed by atoms with E-state index in [0.29, 0.717) is 12.2 Å². The van der Waals surface area contributed by atoms with Gasteiger partial charge in [-0.1, -0.05) is 0 Å². The summed E-state index contributed by atoms with van der Waals surface area (Å²) in [5, 5.41) is 9.11. The molecule has 0 radical (unpaired) electrons. The molecule has 0 spiro atoms. The van der Waals surface area contributed by atoms with Crippen LogP contribution in [0.4, 0.5) is 13.2 Å². The number of alkyl halides is 3. The molecule has 1 atom stereocenters. The maximum atomic E-state index is 12.3. The van der Waals surface area contributed by atoms with Crippen molar-refractivity contribution < 1.29 is 18.3 Å². The summed E-state index contributed by atoms with van der Waals surface area (Å²) in [6, 6.07) is 4.82. The molecule has 3 nitrogen and oxygen atoms in total. The van der Waals surface area contributed by atoms with Crippen molar-refractivity contribution in [2.24, 2.45) is 0 Å². The van der Waals surface area contributed by atoms with Gasteiger partial charge < -0.3 is 9.67 Å². The van der Waals surface area contributed by atoms with Crippen LogP contribution in [0.3, 0.4) is 0 Å². The van der Waals surface area contributed by atoms with E-state index in [2.05, 4.69) is 20.9 Å². The average molecular weight is 335 g/mol. The van der Waals surface area contributed by atoms with Crippen molar-refractivity contribution in [3.8, 4) is 0 Å². The fourth-order valence-corrected chi connectivity index (χ4v) is 1.83. The van der Waals surface area contributed by atoms with Crippen molar-refractivity contribution in [2.45, 2.75) is 18.8 Å². The fourth-order valence-electron chi connectivity index (χ4n) is 1.60. The molecular weight excluding hydrogens is 325 g/mol. The van der Waals surface area contributed by atoms with E-state index < -0.39 is 12.3 Å². The van der Waals surface area contributed by atoms with Crippen LogP contribution in [0.25, 0.3) is 0 Å². The molecule has 0 bridgehead atoms. The van der Waals surface area contributed by atoms with Gasteiger partial charge in [0.15, 0.2) is 6.10 Å². The number of halogens is 4. The molecule has 0 fully saturated rings. The van der Waals surface area contributed by atoms with E-state index in [4.69, 9.17) is 5.11 Å². The van der Waals surface area contributed by atoms with Crippen LogP contribution in [0.15, 0.2) is 41.3 Å². The highest BCUT2D eigenvalue weighted by Crippen LogP contribution is 2.32. The minimum Gasteiger partial charge on any atom is -0.379 e. The Balaban J connectivity index is 2.11. The van der Waals surface area contributed by atoms with Gasteiger partial charge in [0.25, 0.3) is 0 Å². The molecule has 2 aromatic heterocycles. The van der Waals surface area contributed by atoms with Crippen molar-refractivity contribution in [1.29, 1.82) is 0 Å². The van der Waals surface area contributed by atoms with Crippen molar-refractivity contribution in [1.82, 2.24) is 9.55 Å². The predicted molar refractivity (Wildman–Crippen MR) is 66.5 cm³/mol. The Labute approximate surface area is 115 Å². The van der Waals surface area contributed by atoms with Gasteiger partial charge in [-0.25, -0.2) is 0 Å². The first kappa shape index (κ1) is 14.1. The Morgan fingerprint density at radius 2 is 2.05 bits per heavy atom. The van der Waals surface area contributed by atoms with Crippen LogP contribution in [0, 0.1) is 0 Å². The quantitative estimate of drug-likeness (QED) is 0.935. The highest BCUT2D eigenvalue weighted by atomic mass is 79.9. The maximum absolute atomic E-state index is 12.3. The van der Waals surface area contributed by atoms with E-state index in [1.807, 2.05) is 0 Å². The molecule has 0 aromatic carbocycles. The van der Waals surface area contributed by atoms with Crippen LogP contribution in [-0.4, -0.2) is 20.8 Å². The topological polar surface area (TPSA) is 38.0 Å². The van der Waals surface area contributed by atoms with Crippen molar-refractivity contribution in [3.63, 3.8) is 0 Å². The lowest BCUT2D eigenvalue weighted by molar-refractivity contribution is -0.206. The molecule has 1 unspecified atom stereocenters. The molecule has 7 heteroatoms. The van der Waals surface area contributed by atoms with E-state index in [0.717, 1.165) is 4.47 Å². The monoisotopic (exact) mass is 334 g/mol. The van der Waals surface area contributed by atoms with E-state index in [1.165, 1.54) is 18.5 Å². The highest BCUT2D eigenvalue weighted by molar-refractivity contribution is 9.10. The van der Waals surface area contributed by atoms with Crippen LogP contribution in [0.1, 0.15) is 17.4 Å². The number of aliphatic hydroxyl groups is 1. The zero-order valence-electron chi connectivity index (χ0n) is 9.60. The third-order valence-corrected chi connectivity index (χ3v) is 3.00. The normalized spacial score (nSPS) is 13.5. The number of rotatable bonds is 3. The first-order valence-electron chi connectivity index (χ1n) is 5.37. The number of hydrogen-bond acceptors (Lipinski definition) is 2. The lowest BCUT2D eigenvalue weighted by Gasteiger charge is -2.12. The summed E-state index contributed by atoms with van der Waals surface area (Å²) < 4.78 is 39.4. The van der Waals surface area contributed by atoms with Gasteiger partial charge in [-0.05, 0) is 34.1 Å². The number of aliphatic hydroxyl groups excluding tert-OH is 1. The van der Waals surface area contributed by atoms with Gasteiger partial charge in [0.2, 0.25) is 0 Å². The Morgan fingerprint density at radius 1 is 1.32 bits per heavy atom. The Bertz CT molecular complexity index is 551. The molecule has 0 saturated heterocycles. The molecule has 19 heavy (non-hydrogen) atoms. The first-order chi connectivity index (χ1) is 8.86. The molecular formula is C12H10BrF3N2O. The van der Waals surface area contributed by atoms with Crippen molar-refractivity contribution in [3.05, 3.63) is 52.5 Å². The van der Waals surface area contributed by atoms with Crippen LogP contribution in [-0.2, 0) is 6.54 Å². The number of nitrogens with zero attached hydrogens (tertiary/aromatic N) is 2. The number of aromatic nitrogens is 2. The summed E-state index contributed by atoms with van der Waals surface area (Å²) in [5.41, 5.74) is 0.538. The zero-order chi connectivity index (χ0) is 14.0. The van der Waals surface area contributed by atoms with Crippen molar-refractivity contribution in [2.75, 3.05) is 0 Å². The lowest BCUT2D eigenvalue weighted by atomic mass is 10.2. The predicted octanol–water partition coefficient (Wildman–Crippen LogP) is 3.29. The van der Waals surface area contributed by atoms with Crippen LogP contribution < -0.4 is 0 Å². The SMILES string of the molecule is OC(c1ccn(Cc2ccc(Br)cn2)c1)C(F)(F)F. The third kappa shape index (κ3) is 3.57. The van der Waals surface area contributed by atoms with Gasteiger partial charge in [0.1, 0.15) is 0 Å². The largest absolute Gasteiger partial charge is 0.418 e. The molecule has 2 heterocycles. The molecule has 0 saturated carbocycles. The Kier molecular flexibility index (Phi) is 3.96. The van der Waals surface area contributed by atoms with Gasteiger partial charge in [-0.3, -0.25) is 4.98 Å². The highest BCUT2D eigenvalue weighted by Gasteiger charge is 2.39. The van der Waals surface area contributed by atoms with E-state index >= 15 is 0 Å². The Hall–Kier alpha value is -1.34. The summed E-state index contributed by atoms with van der Waals surface area (Å²) in [7, 11) is 0. The second kappa shape index (κ2) is 5.34. The summed E-state index contributed by atoms with van der Waals surface area (Å²) in [5.74, 6) is 0. The van der Waals surface area contributed by atoms with Gasteiger partial charge in [-0.15, -0.1) is 0 Å². The van der Waals surface area contributed by atoms with E-state index in [-0.39, 0.29) is 5.56 Å². The molecule has 0 amide bonds. The summed E-state index contributed by atoms with van der Waals surface area (Å²) in [4.78, 5) is 4.12. The van der Waals surface area contributed by atoms with Crippen molar-refractivity contribution >= 4 is 15.9 Å². The minimum atomic E-state index is -4.65. The van der Waals surface area contributed by atoms with Crippen LogP contribution in [0.5, 0.6) is 0 Å². The third-order valence-electron chi connectivity index (χ3n) is 2.53. The van der Waals surface area contributed by atoms with Gasteiger partial charge >= 0.3 is 6.18 Å². The summed E-state index contributed by atoms with van der Waals surface area (Å²) in [6.45, 7) is 0.345. The molecule has 102 valence electrons. The summed E-state index contributed by atoms with van der Waals surface area (Å²) in [6.07, 6.45) is -2.74. The smallest absolute Gasteiger partial charge is 0.379 e. The minimum absolute atomic E-state index is 0.176. The molecule has 0 aliphatic rings. The Morgan fingerprint density at radius 3 is 2.63 bits per heavy atom. The van der Waals surface area contributed by atoms with Gasteiger partial charge in [0, 0.05) is 28.6 Å². The maximum Gasteiger partial charge on any atom is 0.418 e. The lowest BCUT2D eigenvalue weighted by Crippen LogP contribution is -2.19. The first-order valence-corrected chi connectivity index (χ1v) is 6.16. The fraction of sp³-hybridized carbons (Fsp3) is 0.250. The van der Waals surface area contributed by atoms with Gasteiger partial charge in [-0.2, -0.15) is 13.2 Å². The molecule has 1 N–H and O–H groups in total. The zero-order valence-corrected chi connectivity index (χ0v) is 11.2. The van der Waals surface area contributed by atoms with E-state index in [1.54, 1.807) is 22.9 Å². The molecule has 2 aromatic rings.